The van der Waals surface area contributed by atoms with Crippen LogP contribution in [0, 0.1) is 0 Å². The van der Waals surface area contributed by atoms with Crippen molar-refractivity contribution < 1.29 is 0 Å². The lowest BCUT2D eigenvalue weighted by molar-refractivity contribution is 0.454. The molecule has 15 heavy (non-hydrogen) atoms. The fourth-order valence-electron chi connectivity index (χ4n) is 2.30. The molecule has 1 fully saturated rings. The summed E-state index contributed by atoms with van der Waals surface area (Å²) in [6.45, 7) is 0. The zero-order valence-electron chi connectivity index (χ0n) is 8.89. The molecule has 0 N–H and O–H groups in total. The minimum atomic E-state index is 0.637. The van der Waals surface area contributed by atoms with Crippen LogP contribution in [-0.4, -0.2) is 5.25 Å². The highest BCUT2D eigenvalue weighted by Gasteiger charge is 2.19. The third-order valence-corrected chi connectivity index (χ3v) is 4.21. The second-order valence-electron chi connectivity index (χ2n) is 4.41. The number of thiol groups is 2. The number of hydrogen-bond acceptors (Lipinski definition) is 2. The first-order chi connectivity index (χ1) is 7.29. The van der Waals surface area contributed by atoms with Gasteiger partial charge in [-0.1, -0.05) is 24.3 Å². The van der Waals surface area contributed by atoms with Crippen molar-refractivity contribution in [2.75, 3.05) is 0 Å². The predicted octanol–water partition coefficient (Wildman–Crippen LogP) is 4.07. The van der Waals surface area contributed by atoms with Crippen LogP contribution in [0.2, 0.25) is 0 Å². The van der Waals surface area contributed by atoms with E-state index in [4.69, 9.17) is 0 Å². The van der Waals surface area contributed by atoms with Crippen LogP contribution in [0.1, 0.15) is 42.7 Å². The Balaban J connectivity index is 2.03. The van der Waals surface area contributed by atoms with Crippen LogP contribution in [0.15, 0.2) is 24.3 Å². The standard InChI is InChI=1S/C13H18S2/c14-9-10-1-3-11(4-2-10)12-5-7-13(15)8-6-12/h1-4,12-15H,5-9H2. The van der Waals surface area contributed by atoms with Gasteiger partial charge in [0.1, 0.15) is 0 Å². The number of rotatable bonds is 2. The van der Waals surface area contributed by atoms with Crippen LogP contribution in [0.5, 0.6) is 0 Å². The minimum Gasteiger partial charge on any atom is -0.176 e. The Bertz CT molecular complexity index is 297. The summed E-state index contributed by atoms with van der Waals surface area (Å²) in [5.41, 5.74) is 2.81. The molecular formula is C13H18S2. The smallest absolute Gasteiger partial charge is 0.0154 e. The molecule has 0 aromatic heterocycles. The lowest BCUT2D eigenvalue weighted by Crippen LogP contribution is -2.12. The topological polar surface area (TPSA) is 0 Å². The van der Waals surface area contributed by atoms with Crippen LogP contribution in [0.3, 0.4) is 0 Å². The van der Waals surface area contributed by atoms with E-state index in [-0.39, 0.29) is 0 Å². The van der Waals surface area contributed by atoms with E-state index in [1.54, 1.807) is 0 Å². The van der Waals surface area contributed by atoms with Crippen molar-refractivity contribution >= 4 is 25.3 Å². The van der Waals surface area contributed by atoms with Gasteiger partial charge in [0, 0.05) is 11.0 Å². The Morgan fingerprint density at radius 2 is 1.60 bits per heavy atom. The Labute approximate surface area is 103 Å². The third-order valence-electron chi connectivity index (χ3n) is 3.33. The molecule has 1 aliphatic carbocycles. The van der Waals surface area contributed by atoms with Crippen molar-refractivity contribution in [3.8, 4) is 0 Å². The van der Waals surface area contributed by atoms with Crippen molar-refractivity contribution in [3.63, 3.8) is 0 Å². The van der Waals surface area contributed by atoms with Gasteiger partial charge in [0.15, 0.2) is 0 Å². The van der Waals surface area contributed by atoms with Crippen LogP contribution >= 0.6 is 25.3 Å². The van der Waals surface area contributed by atoms with Crippen molar-refractivity contribution in [1.29, 1.82) is 0 Å². The number of hydrogen-bond donors (Lipinski definition) is 2. The summed E-state index contributed by atoms with van der Waals surface area (Å²) in [5.74, 6) is 1.60. The maximum absolute atomic E-state index is 4.54. The summed E-state index contributed by atoms with van der Waals surface area (Å²) in [4.78, 5) is 0. The van der Waals surface area contributed by atoms with Crippen LogP contribution in [-0.2, 0) is 5.75 Å². The van der Waals surface area contributed by atoms with E-state index < -0.39 is 0 Å². The third kappa shape index (κ3) is 2.94. The second-order valence-corrected chi connectivity index (χ2v) is 5.45. The highest BCUT2D eigenvalue weighted by atomic mass is 32.1. The highest BCUT2D eigenvalue weighted by molar-refractivity contribution is 7.81. The molecule has 1 aliphatic rings. The summed E-state index contributed by atoms with van der Waals surface area (Å²) in [6, 6.07) is 8.95. The monoisotopic (exact) mass is 238 g/mol. The predicted molar refractivity (Wildman–Crippen MR) is 73.1 cm³/mol. The summed E-state index contributed by atoms with van der Waals surface area (Å²) in [7, 11) is 0. The van der Waals surface area contributed by atoms with Gasteiger partial charge in [0.25, 0.3) is 0 Å². The number of benzene rings is 1. The molecule has 82 valence electrons. The lowest BCUT2D eigenvalue weighted by Gasteiger charge is -2.26. The second kappa shape index (κ2) is 5.31. The fourth-order valence-corrected chi connectivity index (χ4v) is 2.81. The van der Waals surface area contributed by atoms with Gasteiger partial charge in [0.05, 0.1) is 0 Å². The maximum atomic E-state index is 4.54. The molecule has 0 spiro atoms. The van der Waals surface area contributed by atoms with Crippen LogP contribution in [0.4, 0.5) is 0 Å². The molecule has 0 atom stereocenters. The molecule has 0 heterocycles. The van der Waals surface area contributed by atoms with E-state index in [1.165, 1.54) is 36.8 Å². The Morgan fingerprint density at radius 1 is 1.00 bits per heavy atom. The van der Waals surface area contributed by atoms with Gasteiger partial charge in [-0.3, -0.25) is 0 Å². The zero-order valence-corrected chi connectivity index (χ0v) is 10.7. The lowest BCUT2D eigenvalue weighted by atomic mass is 9.83. The first-order valence-corrected chi connectivity index (χ1v) is 6.82. The molecule has 0 amide bonds. The van der Waals surface area contributed by atoms with E-state index in [2.05, 4.69) is 49.5 Å². The summed E-state index contributed by atoms with van der Waals surface area (Å²) in [6.07, 6.45) is 5.13. The van der Waals surface area contributed by atoms with Gasteiger partial charge in [-0.05, 0) is 42.7 Å². The van der Waals surface area contributed by atoms with Gasteiger partial charge in [-0.2, -0.15) is 25.3 Å². The van der Waals surface area contributed by atoms with Crippen LogP contribution < -0.4 is 0 Å². The van der Waals surface area contributed by atoms with Crippen molar-refractivity contribution in [2.24, 2.45) is 0 Å². The summed E-state index contributed by atoms with van der Waals surface area (Å²) < 4.78 is 0. The summed E-state index contributed by atoms with van der Waals surface area (Å²) in [5, 5.41) is 0.637. The minimum absolute atomic E-state index is 0.637. The molecule has 0 saturated heterocycles. The van der Waals surface area contributed by atoms with E-state index in [0.29, 0.717) is 5.25 Å². The van der Waals surface area contributed by atoms with Crippen molar-refractivity contribution in [3.05, 3.63) is 35.4 Å². The largest absolute Gasteiger partial charge is 0.176 e. The zero-order chi connectivity index (χ0) is 10.7. The molecule has 1 aromatic rings. The van der Waals surface area contributed by atoms with E-state index >= 15 is 0 Å². The fraction of sp³-hybridized carbons (Fsp3) is 0.538. The van der Waals surface area contributed by atoms with Gasteiger partial charge in [-0.15, -0.1) is 0 Å². The summed E-state index contributed by atoms with van der Waals surface area (Å²) >= 11 is 8.81. The maximum Gasteiger partial charge on any atom is 0.0154 e. The van der Waals surface area contributed by atoms with Gasteiger partial charge in [0.2, 0.25) is 0 Å². The Morgan fingerprint density at radius 3 is 2.13 bits per heavy atom. The molecule has 0 unspecified atom stereocenters. The Hall–Kier alpha value is -0.0800. The van der Waals surface area contributed by atoms with Gasteiger partial charge >= 0.3 is 0 Å². The molecule has 2 rings (SSSR count). The van der Waals surface area contributed by atoms with E-state index in [1.807, 2.05) is 0 Å². The van der Waals surface area contributed by atoms with Crippen molar-refractivity contribution in [1.82, 2.24) is 0 Å². The molecule has 0 bridgehead atoms. The molecule has 1 saturated carbocycles. The van der Waals surface area contributed by atoms with Gasteiger partial charge in [-0.25, -0.2) is 0 Å². The van der Waals surface area contributed by atoms with Crippen LogP contribution in [0.25, 0.3) is 0 Å². The average Bonchev–Trinajstić information content (AvgIpc) is 2.30. The Kier molecular flexibility index (Phi) is 4.04. The SMILES string of the molecule is SCc1ccc(C2CCC(S)CC2)cc1. The molecule has 0 aliphatic heterocycles. The normalized spacial score (nSPS) is 26.5. The average molecular weight is 238 g/mol. The highest BCUT2D eigenvalue weighted by Crippen LogP contribution is 2.34. The van der Waals surface area contributed by atoms with Crippen molar-refractivity contribution in [2.45, 2.75) is 42.6 Å². The molecule has 1 aromatic carbocycles. The quantitative estimate of drug-likeness (QED) is 0.713. The molecule has 2 heteroatoms. The van der Waals surface area contributed by atoms with Gasteiger partial charge < -0.3 is 0 Å². The first-order valence-electron chi connectivity index (χ1n) is 5.67. The van der Waals surface area contributed by atoms with E-state index in [9.17, 15) is 0 Å². The molecule has 0 radical (unpaired) electrons. The first kappa shape index (κ1) is 11.4. The molecular weight excluding hydrogens is 220 g/mol. The molecule has 0 nitrogen and oxygen atoms in total. The van der Waals surface area contributed by atoms with E-state index in [0.717, 1.165) is 11.7 Å².